The summed E-state index contributed by atoms with van der Waals surface area (Å²) in [6, 6.07) is 11.2. The third-order valence-electron chi connectivity index (χ3n) is 3.52. The van der Waals surface area contributed by atoms with E-state index in [-0.39, 0.29) is 36.7 Å². The van der Waals surface area contributed by atoms with Crippen LogP contribution in [0.15, 0.2) is 36.4 Å². The maximum absolute atomic E-state index is 12.2. The Hall–Kier alpha value is -2.69. The lowest BCUT2D eigenvalue weighted by Gasteiger charge is -2.07. The van der Waals surface area contributed by atoms with Crippen LogP contribution >= 0.6 is 0 Å². The predicted molar refractivity (Wildman–Crippen MR) is 90.1 cm³/mol. The Balaban J connectivity index is 2.10. The third-order valence-corrected chi connectivity index (χ3v) is 3.52. The Kier molecular flexibility index (Phi) is 6.07. The van der Waals surface area contributed by atoms with Gasteiger partial charge in [-0.15, -0.1) is 0 Å². The van der Waals surface area contributed by atoms with Gasteiger partial charge in [-0.05, 0) is 31.5 Å². The van der Waals surface area contributed by atoms with E-state index in [0.29, 0.717) is 12.1 Å². The van der Waals surface area contributed by atoms with E-state index < -0.39 is 5.97 Å². The molecule has 0 atom stereocenters. The van der Waals surface area contributed by atoms with Crippen molar-refractivity contribution in [3.8, 4) is 5.75 Å². The topological polar surface area (TPSA) is 76.5 Å². The number of pyridine rings is 1. The Morgan fingerprint density at radius 3 is 2.67 bits per heavy atom. The van der Waals surface area contributed by atoms with E-state index in [1.165, 1.54) is 6.07 Å². The molecule has 0 spiro atoms. The maximum atomic E-state index is 12.2. The van der Waals surface area contributed by atoms with E-state index in [2.05, 4.69) is 11.1 Å². The number of carbonyl (C=O) groups excluding carboxylic acids is 2. The smallest absolute Gasteiger partial charge is 0.306 e. The second kappa shape index (κ2) is 8.24. The summed E-state index contributed by atoms with van der Waals surface area (Å²) < 4.78 is 4.80. The second-order valence-electron chi connectivity index (χ2n) is 5.56. The second-order valence-corrected chi connectivity index (χ2v) is 5.56. The van der Waals surface area contributed by atoms with Gasteiger partial charge in [0.05, 0.1) is 13.0 Å². The number of rotatable bonds is 7. The lowest BCUT2D eigenvalue weighted by Crippen LogP contribution is -2.10. The normalized spacial score (nSPS) is 10.4. The molecule has 0 aliphatic carbocycles. The Bertz CT molecular complexity index is 740. The number of Topliss-reactive ketones (excluding diaryl/α,β-unsaturated/α-hetero) is 1. The minimum atomic E-state index is -0.429. The summed E-state index contributed by atoms with van der Waals surface area (Å²) in [7, 11) is 0. The summed E-state index contributed by atoms with van der Waals surface area (Å²) in [6.07, 6.45) is 0.517. The lowest BCUT2D eigenvalue weighted by atomic mass is 10.1. The summed E-state index contributed by atoms with van der Waals surface area (Å²) in [4.78, 5) is 27.8. The Morgan fingerprint density at radius 2 is 1.96 bits per heavy atom. The SMILES string of the molecule is CCOC(=O)CCC(=O)c1nc(Cc2cccc(C)c2)ccc1O. The van der Waals surface area contributed by atoms with Crippen molar-refractivity contribution < 1.29 is 19.4 Å². The largest absolute Gasteiger partial charge is 0.506 e. The van der Waals surface area contributed by atoms with E-state index in [0.717, 1.165) is 11.1 Å². The molecule has 2 aromatic rings. The fourth-order valence-electron chi connectivity index (χ4n) is 2.39. The van der Waals surface area contributed by atoms with Crippen molar-refractivity contribution in [3.05, 3.63) is 58.9 Å². The van der Waals surface area contributed by atoms with Gasteiger partial charge < -0.3 is 9.84 Å². The molecule has 1 N–H and O–H groups in total. The van der Waals surface area contributed by atoms with Gasteiger partial charge in [-0.2, -0.15) is 0 Å². The summed E-state index contributed by atoms with van der Waals surface area (Å²) in [6.45, 7) is 4.00. The van der Waals surface area contributed by atoms with E-state index in [1.807, 2.05) is 25.1 Å². The van der Waals surface area contributed by atoms with Gasteiger partial charge in [-0.25, -0.2) is 4.98 Å². The van der Waals surface area contributed by atoms with Crippen LogP contribution in [0.1, 0.15) is 47.1 Å². The highest BCUT2D eigenvalue weighted by Gasteiger charge is 2.16. The number of hydrogen-bond donors (Lipinski definition) is 1. The van der Waals surface area contributed by atoms with E-state index in [4.69, 9.17) is 4.74 Å². The number of ether oxygens (including phenoxy) is 1. The minimum absolute atomic E-state index is 0.00412. The Morgan fingerprint density at radius 1 is 1.17 bits per heavy atom. The Labute approximate surface area is 141 Å². The van der Waals surface area contributed by atoms with Crippen LogP contribution in [0.5, 0.6) is 5.75 Å². The van der Waals surface area contributed by atoms with Gasteiger partial charge in [0.25, 0.3) is 0 Å². The first-order chi connectivity index (χ1) is 11.5. The van der Waals surface area contributed by atoms with Crippen LogP contribution in [0.25, 0.3) is 0 Å². The highest BCUT2D eigenvalue weighted by atomic mass is 16.5. The van der Waals surface area contributed by atoms with E-state index in [9.17, 15) is 14.7 Å². The molecule has 5 nitrogen and oxygen atoms in total. The molecule has 0 aliphatic rings. The number of hydrogen-bond acceptors (Lipinski definition) is 5. The van der Waals surface area contributed by atoms with Gasteiger partial charge in [0.1, 0.15) is 11.4 Å². The quantitative estimate of drug-likeness (QED) is 0.624. The van der Waals surface area contributed by atoms with Crippen LogP contribution in [0.2, 0.25) is 0 Å². The predicted octanol–water partition coefficient (Wildman–Crippen LogP) is 3.21. The van der Waals surface area contributed by atoms with Crippen LogP contribution in [-0.2, 0) is 16.0 Å². The number of esters is 1. The molecule has 1 aromatic heterocycles. The zero-order valence-electron chi connectivity index (χ0n) is 13.9. The first kappa shape index (κ1) is 17.7. The van der Waals surface area contributed by atoms with Crippen molar-refractivity contribution in [2.24, 2.45) is 0 Å². The molecule has 0 unspecified atom stereocenters. The fourth-order valence-corrected chi connectivity index (χ4v) is 2.39. The molecule has 0 saturated heterocycles. The van der Waals surface area contributed by atoms with Crippen LogP contribution in [0.3, 0.4) is 0 Å². The van der Waals surface area contributed by atoms with Gasteiger partial charge in [0.15, 0.2) is 5.78 Å². The van der Waals surface area contributed by atoms with Crippen LogP contribution < -0.4 is 0 Å². The number of benzene rings is 1. The molecule has 0 aliphatic heterocycles. The highest BCUT2D eigenvalue weighted by Crippen LogP contribution is 2.19. The first-order valence-corrected chi connectivity index (χ1v) is 7.93. The van der Waals surface area contributed by atoms with Crippen molar-refractivity contribution in [1.82, 2.24) is 4.98 Å². The third kappa shape index (κ3) is 4.91. The molecular formula is C19H21NO4. The summed E-state index contributed by atoms with van der Waals surface area (Å²) >= 11 is 0. The van der Waals surface area contributed by atoms with Gasteiger partial charge in [0, 0.05) is 18.5 Å². The van der Waals surface area contributed by atoms with Crippen molar-refractivity contribution >= 4 is 11.8 Å². The lowest BCUT2D eigenvalue weighted by molar-refractivity contribution is -0.143. The molecule has 1 heterocycles. The van der Waals surface area contributed by atoms with Gasteiger partial charge in [-0.3, -0.25) is 9.59 Å². The maximum Gasteiger partial charge on any atom is 0.306 e. The summed E-state index contributed by atoms with van der Waals surface area (Å²) in [5.74, 6) is -0.968. The molecule has 0 amide bonds. The van der Waals surface area contributed by atoms with Crippen molar-refractivity contribution in [3.63, 3.8) is 0 Å². The van der Waals surface area contributed by atoms with Crippen LogP contribution in [0, 0.1) is 6.92 Å². The zero-order valence-corrected chi connectivity index (χ0v) is 13.9. The van der Waals surface area contributed by atoms with E-state index >= 15 is 0 Å². The summed E-state index contributed by atoms with van der Waals surface area (Å²) in [5.41, 5.74) is 2.93. The number of nitrogens with zero attached hydrogens (tertiary/aromatic N) is 1. The number of carbonyl (C=O) groups is 2. The molecular weight excluding hydrogens is 306 g/mol. The molecule has 126 valence electrons. The van der Waals surface area contributed by atoms with Crippen molar-refractivity contribution in [2.75, 3.05) is 6.61 Å². The number of ketones is 1. The van der Waals surface area contributed by atoms with Gasteiger partial charge in [0.2, 0.25) is 0 Å². The molecule has 1 aromatic carbocycles. The molecule has 0 bridgehead atoms. The van der Waals surface area contributed by atoms with Crippen LogP contribution in [-0.4, -0.2) is 28.4 Å². The number of aryl methyl sites for hydroxylation is 1. The van der Waals surface area contributed by atoms with Crippen LogP contribution in [0.4, 0.5) is 0 Å². The monoisotopic (exact) mass is 327 g/mol. The number of aromatic nitrogens is 1. The molecule has 0 radical (unpaired) electrons. The molecule has 0 saturated carbocycles. The molecule has 2 rings (SSSR count). The van der Waals surface area contributed by atoms with Crippen molar-refractivity contribution in [2.45, 2.75) is 33.1 Å². The molecule has 5 heteroatoms. The van der Waals surface area contributed by atoms with Gasteiger partial charge in [-0.1, -0.05) is 29.8 Å². The highest BCUT2D eigenvalue weighted by molar-refractivity contribution is 5.98. The summed E-state index contributed by atoms with van der Waals surface area (Å²) in [5, 5.41) is 9.88. The first-order valence-electron chi connectivity index (χ1n) is 7.93. The standard InChI is InChI=1S/C19H21NO4/c1-3-24-18(23)10-9-17(22)19-16(21)8-7-15(20-19)12-14-6-4-5-13(2)11-14/h4-8,11,21H,3,9-10,12H2,1-2H3. The van der Waals surface area contributed by atoms with Gasteiger partial charge >= 0.3 is 5.97 Å². The molecule has 0 fully saturated rings. The fraction of sp³-hybridized carbons (Fsp3) is 0.316. The zero-order chi connectivity index (χ0) is 17.5. The van der Waals surface area contributed by atoms with E-state index in [1.54, 1.807) is 13.0 Å². The molecule has 24 heavy (non-hydrogen) atoms. The minimum Gasteiger partial charge on any atom is -0.506 e. The average Bonchev–Trinajstić information content (AvgIpc) is 2.55. The van der Waals surface area contributed by atoms with Crippen molar-refractivity contribution in [1.29, 1.82) is 0 Å². The number of aromatic hydroxyl groups is 1. The average molecular weight is 327 g/mol.